The molecule has 1 aliphatic rings. The van der Waals surface area contributed by atoms with Crippen LogP contribution < -0.4 is 5.32 Å². The van der Waals surface area contributed by atoms with Gasteiger partial charge in [-0.05, 0) is 36.1 Å². The fourth-order valence-electron chi connectivity index (χ4n) is 4.02. The van der Waals surface area contributed by atoms with Crippen LogP contribution in [0.3, 0.4) is 0 Å². The third kappa shape index (κ3) is 3.24. The van der Waals surface area contributed by atoms with Crippen molar-refractivity contribution in [2.75, 3.05) is 5.32 Å². The molecule has 3 N–H and O–H groups in total. The number of hydrogen-bond acceptors (Lipinski definition) is 5. The lowest BCUT2D eigenvalue weighted by molar-refractivity contribution is 0.0974. The van der Waals surface area contributed by atoms with E-state index in [2.05, 4.69) is 5.32 Å². The number of fused-ring (bicyclic) bond motifs is 2. The van der Waals surface area contributed by atoms with Crippen LogP contribution in [0.25, 0.3) is 0 Å². The second-order valence-electron chi connectivity index (χ2n) is 7.36. The average Bonchev–Trinajstić information content (AvgIpc) is 2.78. The molecule has 1 aliphatic carbocycles. The number of anilines is 2. The number of hydrogen-bond donors (Lipinski definition) is 3. The summed E-state index contributed by atoms with van der Waals surface area (Å²) < 4.78 is 0. The number of para-hydroxylation sites is 1. The second kappa shape index (κ2) is 8.32. The maximum atomic E-state index is 13.3. The molecule has 0 amide bonds. The summed E-state index contributed by atoms with van der Waals surface area (Å²) in [6.45, 7) is 4.02. The molecule has 0 heterocycles. The van der Waals surface area contributed by atoms with Crippen molar-refractivity contribution in [1.82, 2.24) is 0 Å². The molecule has 32 heavy (non-hydrogen) atoms. The van der Waals surface area contributed by atoms with Crippen LogP contribution >= 0.6 is 34.8 Å². The Morgan fingerprint density at radius 3 is 1.62 bits per heavy atom. The molecular formula is C24H18Cl3NO4. The predicted molar refractivity (Wildman–Crippen MR) is 127 cm³/mol. The smallest absolute Gasteiger partial charge is 0.200 e. The van der Waals surface area contributed by atoms with E-state index in [-0.39, 0.29) is 43.0 Å². The molecule has 3 aromatic rings. The van der Waals surface area contributed by atoms with Crippen LogP contribution in [0.15, 0.2) is 30.3 Å². The molecule has 0 radical (unpaired) electrons. The van der Waals surface area contributed by atoms with Gasteiger partial charge in [0.1, 0.15) is 11.5 Å². The number of aryl methyl sites for hydroxylation is 2. The number of phenols is 2. The first-order valence-corrected chi connectivity index (χ1v) is 11.1. The standard InChI is InChI=1S/C24H18Cl3NO4/c1-3-10-6-5-7-11(4-2)21(10)28-22-19(26)17-16(18(25)20(22)27)23(31)14-12(29)8-9-13(30)15(14)24(17)32/h5-9,28-30H,3-4H2,1-2H3. The zero-order chi connectivity index (χ0) is 23.3. The molecule has 0 unspecified atom stereocenters. The molecule has 0 spiro atoms. The van der Waals surface area contributed by atoms with Gasteiger partial charge in [-0.1, -0.05) is 66.8 Å². The quantitative estimate of drug-likeness (QED) is 0.219. The third-order valence-electron chi connectivity index (χ3n) is 5.64. The Bertz CT molecular complexity index is 1300. The minimum Gasteiger partial charge on any atom is -0.507 e. The first-order chi connectivity index (χ1) is 15.2. The molecule has 0 atom stereocenters. The number of nitrogens with one attached hydrogen (secondary N) is 1. The van der Waals surface area contributed by atoms with Crippen LogP contribution in [-0.2, 0) is 12.8 Å². The Morgan fingerprint density at radius 1 is 0.688 bits per heavy atom. The molecule has 0 saturated heterocycles. The SMILES string of the molecule is CCc1cccc(CC)c1Nc1c(Cl)c(Cl)c2c(c1Cl)C(=O)c1c(O)ccc(O)c1C2=O. The molecule has 0 saturated carbocycles. The molecular weight excluding hydrogens is 473 g/mol. The number of rotatable bonds is 4. The Morgan fingerprint density at radius 2 is 1.16 bits per heavy atom. The molecule has 8 heteroatoms. The van der Waals surface area contributed by atoms with Gasteiger partial charge in [-0.25, -0.2) is 0 Å². The molecule has 3 aromatic carbocycles. The van der Waals surface area contributed by atoms with E-state index < -0.39 is 23.1 Å². The van der Waals surface area contributed by atoms with Crippen LogP contribution in [0.5, 0.6) is 11.5 Å². The van der Waals surface area contributed by atoms with Crippen molar-refractivity contribution in [2.24, 2.45) is 0 Å². The van der Waals surface area contributed by atoms with Crippen LogP contribution in [0.1, 0.15) is 56.8 Å². The van der Waals surface area contributed by atoms with Crippen molar-refractivity contribution < 1.29 is 19.8 Å². The normalized spacial score (nSPS) is 12.5. The highest BCUT2D eigenvalue weighted by molar-refractivity contribution is 6.51. The van der Waals surface area contributed by atoms with Crippen molar-refractivity contribution in [3.63, 3.8) is 0 Å². The van der Waals surface area contributed by atoms with Crippen molar-refractivity contribution in [3.05, 3.63) is 78.8 Å². The van der Waals surface area contributed by atoms with E-state index in [0.717, 1.165) is 41.8 Å². The highest BCUT2D eigenvalue weighted by Crippen LogP contribution is 2.49. The van der Waals surface area contributed by atoms with Gasteiger partial charge in [-0.15, -0.1) is 0 Å². The lowest BCUT2D eigenvalue weighted by Gasteiger charge is -2.25. The van der Waals surface area contributed by atoms with Gasteiger partial charge in [0, 0.05) is 5.69 Å². The van der Waals surface area contributed by atoms with Crippen LogP contribution in [0.4, 0.5) is 11.4 Å². The van der Waals surface area contributed by atoms with Gasteiger partial charge in [0.2, 0.25) is 0 Å². The largest absolute Gasteiger partial charge is 0.507 e. The molecule has 0 bridgehead atoms. The molecule has 5 nitrogen and oxygen atoms in total. The number of ketones is 2. The fourth-order valence-corrected chi connectivity index (χ4v) is 4.90. The van der Waals surface area contributed by atoms with E-state index in [9.17, 15) is 19.8 Å². The molecule has 0 aliphatic heterocycles. The number of halogens is 3. The Kier molecular flexibility index (Phi) is 5.84. The van der Waals surface area contributed by atoms with Crippen molar-refractivity contribution in [3.8, 4) is 11.5 Å². The summed E-state index contributed by atoms with van der Waals surface area (Å²) in [5.41, 5.74) is 1.99. The van der Waals surface area contributed by atoms with Gasteiger partial charge in [-0.3, -0.25) is 9.59 Å². The highest BCUT2D eigenvalue weighted by atomic mass is 35.5. The minimum atomic E-state index is -0.744. The van der Waals surface area contributed by atoms with Crippen molar-refractivity contribution in [2.45, 2.75) is 26.7 Å². The lowest BCUT2D eigenvalue weighted by atomic mass is 9.82. The van der Waals surface area contributed by atoms with E-state index in [1.165, 1.54) is 0 Å². The Hall–Kier alpha value is -2.73. The number of carbonyl (C=O) groups is 2. The van der Waals surface area contributed by atoms with E-state index >= 15 is 0 Å². The topological polar surface area (TPSA) is 86.6 Å². The Labute approximate surface area is 199 Å². The summed E-state index contributed by atoms with van der Waals surface area (Å²) in [4.78, 5) is 26.5. The van der Waals surface area contributed by atoms with Gasteiger partial charge < -0.3 is 15.5 Å². The van der Waals surface area contributed by atoms with E-state index in [1.54, 1.807) is 0 Å². The minimum absolute atomic E-state index is 0.0207. The van der Waals surface area contributed by atoms with E-state index in [4.69, 9.17) is 34.8 Å². The summed E-state index contributed by atoms with van der Waals surface area (Å²) in [5, 5.41) is 23.4. The van der Waals surface area contributed by atoms with E-state index in [1.807, 2.05) is 32.0 Å². The van der Waals surface area contributed by atoms with Crippen LogP contribution in [0, 0.1) is 0 Å². The number of phenolic OH excluding ortho intramolecular Hbond substituents is 2. The third-order valence-corrected chi connectivity index (χ3v) is 6.87. The van der Waals surface area contributed by atoms with Crippen molar-refractivity contribution >= 4 is 57.7 Å². The maximum absolute atomic E-state index is 13.3. The molecule has 0 aromatic heterocycles. The number of benzene rings is 3. The summed E-state index contributed by atoms with van der Waals surface area (Å²) >= 11 is 19.6. The summed E-state index contributed by atoms with van der Waals surface area (Å²) in [6.07, 6.45) is 1.48. The van der Waals surface area contributed by atoms with Crippen LogP contribution in [-0.4, -0.2) is 21.8 Å². The second-order valence-corrected chi connectivity index (χ2v) is 8.50. The van der Waals surface area contributed by atoms with Crippen molar-refractivity contribution in [1.29, 1.82) is 0 Å². The molecule has 0 fully saturated rings. The van der Waals surface area contributed by atoms with Gasteiger partial charge >= 0.3 is 0 Å². The maximum Gasteiger partial charge on any atom is 0.200 e. The first kappa shape index (κ1) is 22.5. The monoisotopic (exact) mass is 489 g/mol. The molecule has 164 valence electrons. The summed E-state index contributed by atoms with van der Waals surface area (Å²) in [7, 11) is 0. The fraction of sp³-hybridized carbons (Fsp3) is 0.167. The van der Waals surface area contributed by atoms with Gasteiger partial charge in [0.25, 0.3) is 0 Å². The zero-order valence-electron chi connectivity index (χ0n) is 17.1. The summed E-state index contributed by atoms with van der Waals surface area (Å²) in [6, 6.07) is 8.16. The predicted octanol–water partition coefficient (Wildman–Crippen LogP) is 6.70. The van der Waals surface area contributed by atoms with Gasteiger partial charge in [0.15, 0.2) is 11.6 Å². The Balaban J connectivity index is 1.99. The number of carbonyl (C=O) groups excluding carboxylic acids is 2. The lowest BCUT2D eigenvalue weighted by Crippen LogP contribution is -2.23. The van der Waals surface area contributed by atoms with E-state index in [0.29, 0.717) is 0 Å². The number of aromatic hydroxyl groups is 2. The summed E-state index contributed by atoms with van der Waals surface area (Å²) in [5.74, 6) is -2.36. The van der Waals surface area contributed by atoms with Crippen LogP contribution in [0.2, 0.25) is 15.1 Å². The first-order valence-electron chi connectivity index (χ1n) is 9.95. The van der Waals surface area contributed by atoms with Gasteiger partial charge in [0.05, 0.1) is 43.0 Å². The highest BCUT2D eigenvalue weighted by Gasteiger charge is 2.39. The average molecular weight is 491 g/mol. The zero-order valence-corrected chi connectivity index (χ0v) is 19.4. The molecule has 4 rings (SSSR count). The van der Waals surface area contributed by atoms with Gasteiger partial charge in [-0.2, -0.15) is 0 Å².